The summed E-state index contributed by atoms with van der Waals surface area (Å²) in [5.74, 6) is 0.567. The number of rotatable bonds is 3. The summed E-state index contributed by atoms with van der Waals surface area (Å²) in [5.41, 5.74) is 1.61. The van der Waals surface area contributed by atoms with Crippen LogP contribution in [0.5, 0.6) is 0 Å². The van der Waals surface area contributed by atoms with Crippen LogP contribution in [0.2, 0.25) is 0 Å². The van der Waals surface area contributed by atoms with Crippen molar-refractivity contribution in [2.24, 2.45) is 5.92 Å². The summed E-state index contributed by atoms with van der Waals surface area (Å²) in [5, 5.41) is 8.94. The van der Waals surface area contributed by atoms with Gasteiger partial charge in [-0.3, -0.25) is 4.79 Å². The minimum atomic E-state index is 0.210. The molecular formula is C18H22N2O. The number of carbonyl (C=O) groups excluding carboxylic acids is 1. The number of nitrogens with zero attached hydrogens (tertiary/aromatic N) is 2. The molecule has 0 amide bonds. The molecule has 2 aliphatic heterocycles. The van der Waals surface area contributed by atoms with Gasteiger partial charge in [0.15, 0.2) is 0 Å². The molecule has 0 aliphatic carbocycles. The Labute approximate surface area is 126 Å². The summed E-state index contributed by atoms with van der Waals surface area (Å²) >= 11 is 0. The van der Waals surface area contributed by atoms with Crippen molar-refractivity contribution in [2.45, 2.75) is 50.6 Å². The third-order valence-corrected chi connectivity index (χ3v) is 5.23. The summed E-state index contributed by atoms with van der Waals surface area (Å²) in [4.78, 5) is 15.1. The molecule has 2 fully saturated rings. The molecule has 2 saturated heterocycles. The van der Waals surface area contributed by atoms with Crippen LogP contribution in [0.4, 0.5) is 0 Å². The second-order valence-electron chi connectivity index (χ2n) is 6.53. The lowest BCUT2D eigenvalue weighted by atomic mass is 9.76. The average molecular weight is 282 g/mol. The Morgan fingerprint density at radius 3 is 2.71 bits per heavy atom. The Bertz CT molecular complexity index is 561. The van der Waals surface area contributed by atoms with Gasteiger partial charge >= 0.3 is 0 Å². The second-order valence-corrected chi connectivity index (χ2v) is 6.53. The molecule has 1 aromatic carbocycles. The predicted octanol–water partition coefficient (Wildman–Crippen LogP) is 2.93. The number of carbonyl (C=O) groups is 1. The molecule has 3 heteroatoms. The van der Waals surface area contributed by atoms with Gasteiger partial charge in [-0.15, -0.1) is 0 Å². The zero-order valence-corrected chi connectivity index (χ0v) is 12.6. The van der Waals surface area contributed by atoms with Crippen LogP contribution < -0.4 is 0 Å². The first-order valence-electron chi connectivity index (χ1n) is 7.91. The maximum atomic E-state index is 12.6. The Hall–Kier alpha value is -1.66. The summed E-state index contributed by atoms with van der Waals surface area (Å²) in [7, 11) is 2.21. The summed E-state index contributed by atoms with van der Waals surface area (Å²) < 4.78 is 0. The van der Waals surface area contributed by atoms with Crippen molar-refractivity contribution >= 4 is 5.78 Å². The third-order valence-electron chi connectivity index (χ3n) is 5.23. The van der Waals surface area contributed by atoms with Crippen LogP contribution in [-0.4, -0.2) is 29.8 Å². The molecule has 0 N–H and O–H groups in total. The maximum absolute atomic E-state index is 12.6. The number of benzene rings is 1. The number of nitriles is 1. The van der Waals surface area contributed by atoms with Crippen LogP contribution in [0.1, 0.15) is 43.2 Å². The Kier molecular flexibility index (Phi) is 4.07. The van der Waals surface area contributed by atoms with Crippen molar-refractivity contribution in [3.8, 4) is 6.07 Å². The zero-order chi connectivity index (χ0) is 14.8. The van der Waals surface area contributed by atoms with Crippen molar-refractivity contribution in [3.63, 3.8) is 0 Å². The minimum Gasteiger partial charge on any atom is -0.300 e. The van der Waals surface area contributed by atoms with Crippen LogP contribution in [0.25, 0.3) is 0 Å². The highest BCUT2D eigenvalue weighted by Gasteiger charge is 2.38. The molecule has 2 bridgehead atoms. The van der Waals surface area contributed by atoms with E-state index in [1.54, 1.807) is 6.07 Å². The Balaban J connectivity index is 1.67. The number of fused-ring (bicyclic) bond motifs is 2. The van der Waals surface area contributed by atoms with Gasteiger partial charge in [-0.2, -0.15) is 5.26 Å². The molecule has 2 unspecified atom stereocenters. The van der Waals surface area contributed by atoms with E-state index in [9.17, 15) is 4.79 Å². The lowest BCUT2D eigenvalue weighted by Gasteiger charge is -2.46. The molecule has 2 heterocycles. The number of hydrogen-bond donors (Lipinski definition) is 0. The van der Waals surface area contributed by atoms with E-state index in [2.05, 4.69) is 18.0 Å². The van der Waals surface area contributed by atoms with Crippen molar-refractivity contribution in [3.05, 3.63) is 35.4 Å². The molecule has 2 atom stereocenters. The van der Waals surface area contributed by atoms with Gasteiger partial charge in [-0.25, -0.2) is 0 Å². The van der Waals surface area contributed by atoms with E-state index in [4.69, 9.17) is 5.26 Å². The average Bonchev–Trinajstić information content (AvgIpc) is 2.47. The standard InChI is InChI=1S/C18H22N2O/c1-20-16-6-3-7-17(20)11-15(10-16)18(21)9-13-4-2-5-14(8-13)12-19/h2,4-5,8,15-17H,3,6-7,9-11H2,1H3. The van der Waals surface area contributed by atoms with E-state index in [1.807, 2.05) is 18.2 Å². The normalized spacial score (nSPS) is 28.9. The summed E-state index contributed by atoms with van der Waals surface area (Å²) in [6, 6.07) is 10.8. The molecule has 0 spiro atoms. The molecule has 3 nitrogen and oxygen atoms in total. The lowest BCUT2D eigenvalue weighted by molar-refractivity contribution is -0.125. The van der Waals surface area contributed by atoms with E-state index in [0.29, 0.717) is 29.9 Å². The highest BCUT2D eigenvalue weighted by atomic mass is 16.1. The number of Topliss-reactive ketones (excluding diaryl/α,β-unsaturated/α-hetero) is 1. The molecule has 0 aromatic heterocycles. The van der Waals surface area contributed by atoms with Gasteiger partial charge in [-0.05, 0) is 50.4 Å². The van der Waals surface area contributed by atoms with Gasteiger partial charge in [0.2, 0.25) is 0 Å². The number of ketones is 1. The highest BCUT2D eigenvalue weighted by molar-refractivity contribution is 5.83. The lowest BCUT2D eigenvalue weighted by Crippen LogP contribution is -2.51. The summed E-state index contributed by atoms with van der Waals surface area (Å²) in [6.45, 7) is 0. The third kappa shape index (κ3) is 3.01. The molecular weight excluding hydrogens is 260 g/mol. The van der Waals surface area contributed by atoms with Crippen molar-refractivity contribution in [1.82, 2.24) is 4.90 Å². The van der Waals surface area contributed by atoms with E-state index >= 15 is 0 Å². The van der Waals surface area contributed by atoms with Crippen LogP contribution in [0.3, 0.4) is 0 Å². The second kappa shape index (κ2) is 5.99. The van der Waals surface area contributed by atoms with Gasteiger partial charge in [-0.1, -0.05) is 18.6 Å². The van der Waals surface area contributed by atoms with E-state index in [-0.39, 0.29) is 5.92 Å². The molecule has 110 valence electrons. The van der Waals surface area contributed by atoms with E-state index < -0.39 is 0 Å². The SMILES string of the molecule is CN1C2CCCC1CC(C(=O)Cc1cccc(C#N)c1)C2. The first kappa shape index (κ1) is 14.3. The topological polar surface area (TPSA) is 44.1 Å². The fraction of sp³-hybridized carbons (Fsp3) is 0.556. The molecule has 2 aliphatic rings. The molecule has 0 radical (unpaired) electrons. The van der Waals surface area contributed by atoms with Crippen molar-refractivity contribution in [1.29, 1.82) is 5.26 Å². The monoisotopic (exact) mass is 282 g/mol. The first-order chi connectivity index (χ1) is 10.2. The van der Waals surface area contributed by atoms with E-state index in [0.717, 1.165) is 18.4 Å². The Morgan fingerprint density at radius 1 is 1.33 bits per heavy atom. The molecule has 0 saturated carbocycles. The first-order valence-corrected chi connectivity index (χ1v) is 7.91. The number of hydrogen-bond acceptors (Lipinski definition) is 3. The van der Waals surface area contributed by atoms with Crippen molar-refractivity contribution < 1.29 is 4.79 Å². The molecule has 3 rings (SSSR count). The molecule has 21 heavy (non-hydrogen) atoms. The van der Waals surface area contributed by atoms with Crippen LogP contribution in [0.15, 0.2) is 24.3 Å². The predicted molar refractivity (Wildman–Crippen MR) is 81.8 cm³/mol. The van der Waals surface area contributed by atoms with Gasteiger partial charge in [0, 0.05) is 24.4 Å². The molecule has 1 aromatic rings. The quantitative estimate of drug-likeness (QED) is 0.856. The number of piperidine rings is 2. The largest absolute Gasteiger partial charge is 0.300 e. The van der Waals surface area contributed by atoms with Crippen molar-refractivity contribution in [2.75, 3.05) is 7.05 Å². The van der Waals surface area contributed by atoms with Gasteiger partial charge in [0.25, 0.3) is 0 Å². The summed E-state index contributed by atoms with van der Waals surface area (Å²) in [6.07, 6.45) is 6.29. The highest BCUT2D eigenvalue weighted by Crippen LogP contribution is 2.36. The smallest absolute Gasteiger partial charge is 0.140 e. The van der Waals surface area contributed by atoms with Gasteiger partial charge < -0.3 is 4.90 Å². The fourth-order valence-corrected chi connectivity index (χ4v) is 3.98. The minimum absolute atomic E-state index is 0.210. The van der Waals surface area contributed by atoms with Gasteiger partial charge in [0.05, 0.1) is 11.6 Å². The Morgan fingerprint density at radius 2 is 2.05 bits per heavy atom. The van der Waals surface area contributed by atoms with Crippen LogP contribution >= 0.6 is 0 Å². The zero-order valence-electron chi connectivity index (χ0n) is 12.6. The van der Waals surface area contributed by atoms with E-state index in [1.165, 1.54) is 19.3 Å². The van der Waals surface area contributed by atoms with Gasteiger partial charge in [0.1, 0.15) is 5.78 Å². The van der Waals surface area contributed by atoms with Crippen LogP contribution in [-0.2, 0) is 11.2 Å². The maximum Gasteiger partial charge on any atom is 0.140 e. The fourth-order valence-electron chi connectivity index (χ4n) is 3.98. The van der Waals surface area contributed by atoms with Crippen LogP contribution in [0, 0.1) is 17.2 Å².